The van der Waals surface area contributed by atoms with E-state index >= 15 is 0 Å². The molecule has 34 heavy (non-hydrogen) atoms. The van der Waals surface area contributed by atoms with Crippen molar-refractivity contribution < 1.29 is 27.0 Å². The molecule has 2 aromatic heterocycles. The maximum atomic E-state index is 13.6. The van der Waals surface area contributed by atoms with E-state index in [-0.39, 0.29) is 21.7 Å². The lowest BCUT2D eigenvalue weighted by Gasteiger charge is -2.18. The molecule has 4 aromatic rings. The normalized spacial score (nSPS) is 13.0. The van der Waals surface area contributed by atoms with Gasteiger partial charge in [0, 0.05) is 12.6 Å². The topological polar surface area (TPSA) is 99.9 Å². The molecule has 0 saturated heterocycles. The molecule has 0 aliphatic carbocycles. The molecule has 0 unspecified atom stereocenters. The van der Waals surface area contributed by atoms with Crippen LogP contribution in [0.15, 0.2) is 74.3 Å². The fraction of sp³-hybridized carbons (Fsp3) is 0.208. The van der Waals surface area contributed by atoms with Crippen molar-refractivity contribution in [2.75, 3.05) is 32.2 Å². The average molecular weight is 499 g/mol. The second-order valence-electron chi connectivity index (χ2n) is 7.46. The number of nitrogens with one attached hydrogen (secondary N) is 1. The summed E-state index contributed by atoms with van der Waals surface area (Å²) in [4.78, 5) is 5.16. The molecule has 0 atom stereocenters. The molecular formula is C24H22N2O6S2. The van der Waals surface area contributed by atoms with E-state index in [1.807, 2.05) is 41.8 Å². The van der Waals surface area contributed by atoms with Crippen LogP contribution in [0, 0.1) is 0 Å². The predicted octanol–water partition coefficient (Wildman–Crippen LogP) is 4.67. The van der Waals surface area contributed by atoms with Gasteiger partial charge in [-0.2, -0.15) is 4.98 Å². The molecule has 0 radical (unpaired) electrons. The van der Waals surface area contributed by atoms with Gasteiger partial charge in [0.2, 0.25) is 26.6 Å². The van der Waals surface area contributed by atoms with Crippen LogP contribution in [0.4, 0.5) is 5.88 Å². The maximum Gasteiger partial charge on any atom is 0.240 e. The third-order valence-corrected chi connectivity index (χ3v) is 7.78. The first kappa shape index (κ1) is 22.3. The molecule has 0 spiro atoms. The van der Waals surface area contributed by atoms with Crippen molar-refractivity contribution in [3.63, 3.8) is 0 Å². The Kier molecular flexibility index (Phi) is 6.16. The minimum absolute atomic E-state index is 0.0565. The predicted molar refractivity (Wildman–Crippen MR) is 128 cm³/mol. The highest BCUT2D eigenvalue weighted by Crippen LogP contribution is 2.37. The van der Waals surface area contributed by atoms with Gasteiger partial charge in [0.05, 0.1) is 16.9 Å². The molecule has 0 amide bonds. The van der Waals surface area contributed by atoms with Crippen LogP contribution in [0.25, 0.3) is 10.8 Å². The number of aromatic nitrogens is 1. The van der Waals surface area contributed by atoms with Crippen molar-refractivity contribution in [3.05, 3.63) is 65.5 Å². The molecule has 3 heterocycles. The van der Waals surface area contributed by atoms with Gasteiger partial charge in [0.1, 0.15) is 19.0 Å². The maximum absolute atomic E-state index is 13.6. The smallest absolute Gasteiger partial charge is 0.240 e. The molecular weight excluding hydrogens is 476 g/mol. The van der Waals surface area contributed by atoms with Gasteiger partial charge in [0.25, 0.3) is 0 Å². The standard InChI is InChI=1S/C24H22N2O6S2/c1-29-17-6-4-16(5-7-17)10-11-25-23-24(26-22(32-23)21-3-2-14-33-21)34(27,28)18-8-9-19-20(15-18)31-13-12-30-19/h2-9,14-15,25H,10-13H2,1H3. The number of fused-ring (bicyclic) bond motifs is 1. The number of hydrogen-bond donors (Lipinski definition) is 1. The summed E-state index contributed by atoms with van der Waals surface area (Å²) in [7, 11) is -2.37. The van der Waals surface area contributed by atoms with Crippen molar-refractivity contribution in [3.8, 4) is 28.0 Å². The summed E-state index contributed by atoms with van der Waals surface area (Å²) in [5.74, 6) is 2.04. The molecule has 8 nitrogen and oxygen atoms in total. The molecule has 0 fully saturated rings. The van der Waals surface area contributed by atoms with Crippen molar-refractivity contribution in [1.82, 2.24) is 4.98 Å². The van der Waals surface area contributed by atoms with Gasteiger partial charge in [-0.3, -0.25) is 0 Å². The molecule has 2 aromatic carbocycles. The van der Waals surface area contributed by atoms with Gasteiger partial charge in [-0.1, -0.05) is 18.2 Å². The molecule has 176 valence electrons. The monoisotopic (exact) mass is 498 g/mol. The van der Waals surface area contributed by atoms with Crippen molar-refractivity contribution >= 4 is 27.1 Å². The van der Waals surface area contributed by atoms with E-state index < -0.39 is 9.84 Å². The number of oxazole rings is 1. The second-order valence-corrected chi connectivity index (χ2v) is 10.3. The fourth-order valence-corrected chi connectivity index (χ4v) is 5.46. The Bertz CT molecular complexity index is 1380. The van der Waals surface area contributed by atoms with Gasteiger partial charge < -0.3 is 23.9 Å². The van der Waals surface area contributed by atoms with Gasteiger partial charge in [0.15, 0.2) is 11.5 Å². The van der Waals surface area contributed by atoms with E-state index in [0.717, 1.165) is 16.2 Å². The Labute approximate surface area is 201 Å². The number of benzene rings is 2. The largest absolute Gasteiger partial charge is 0.497 e. The number of anilines is 1. The van der Waals surface area contributed by atoms with Gasteiger partial charge >= 0.3 is 0 Å². The SMILES string of the molecule is COc1ccc(CCNc2oc(-c3cccs3)nc2S(=O)(=O)c2ccc3c(c2)OCCO3)cc1. The third kappa shape index (κ3) is 4.46. The Hall–Kier alpha value is -3.50. The van der Waals surface area contributed by atoms with E-state index in [4.69, 9.17) is 18.6 Å². The zero-order valence-electron chi connectivity index (χ0n) is 18.3. The molecule has 5 rings (SSSR count). The van der Waals surface area contributed by atoms with E-state index in [1.165, 1.54) is 23.5 Å². The minimum Gasteiger partial charge on any atom is -0.497 e. The van der Waals surface area contributed by atoms with E-state index in [0.29, 0.717) is 37.7 Å². The van der Waals surface area contributed by atoms with E-state index in [2.05, 4.69) is 10.3 Å². The molecule has 10 heteroatoms. The fourth-order valence-electron chi connectivity index (χ4n) is 3.52. The number of ether oxygens (including phenoxy) is 3. The first-order chi connectivity index (χ1) is 16.5. The van der Waals surface area contributed by atoms with Crippen molar-refractivity contribution in [2.24, 2.45) is 0 Å². The lowest BCUT2D eigenvalue weighted by Crippen LogP contribution is -2.16. The average Bonchev–Trinajstić information content (AvgIpc) is 3.55. The highest BCUT2D eigenvalue weighted by Gasteiger charge is 2.30. The first-order valence-electron chi connectivity index (χ1n) is 10.6. The van der Waals surface area contributed by atoms with Crippen LogP contribution in [0.5, 0.6) is 17.2 Å². The molecule has 1 aliphatic rings. The van der Waals surface area contributed by atoms with Gasteiger partial charge in [-0.05, 0) is 47.7 Å². The number of hydrogen-bond acceptors (Lipinski definition) is 9. The number of rotatable bonds is 8. The lowest BCUT2D eigenvalue weighted by atomic mass is 10.1. The molecule has 0 bridgehead atoms. The summed E-state index contributed by atoms with van der Waals surface area (Å²) >= 11 is 1.42. The highest BCUT2D eigenvalue weighted by molar-refractivity contribution is 7.91. The van der Waals surface area contributed by atoms with Crippen LogP contribution in [0.1, 0.15) is 5.56 Å². The van der Waals surface area contributed by atoms with Crippen LogP contribution >= 0.6 is 11.3 Å². The van der Waals surface area contributed by atoms with Gasteiger partial charge in [-0.15, -0.1) is 11.3 Å². The number of nitrogens with zero attached hydrogens (tertiary/aromatic N) is 1. The van der Waals surface area contributed by atoms with Crippen LogP contribution < -0.4 is 19.5 Å². The minimum atomic E-state index is -3.99. The summed E-state index contributed by atoms with van der Waals surface area (Å²) < 4.78 is 49.3. The summed E-state index contributed by atoms with van der Waals surface area (Å²) in [5, 5.41) is 4.84. The summed E-state index contributed by atoms with van der Waals surface area (Å²) in [6.45, 7) is 1.24. The summed E-state index contributed by atoms with van der Waals surface area (Å²) in [6.07, 6.45) is 0.655. The van der Waals surface area contributed by atoms with Crippen LogP contribution in [0.2, 0.25) is 0 Å². The van der Waals surface area contributed by atoms with Crippen molar-refractivity contribution in [1.29, 1.82) is 0 Å². The number of sulfone groups is 1. The lowest BCUT2D eigenvalue weighted by molar-refractivity contribution is 0.171. The van der Waals surface area contributed by atoms with Crippen LogP contribution in [-0.4, -0.2) is 40.3 Å². The Morgan fingerprint density at radius 3 is 2.59 bits per heavy atom. The Morgan fingerprint density at radius 1 is 1.06 bits per heavy atom. The Balaban J connectivity index is 1.44. The van der Waals surface area contributed by atoms with Crippen molar-refractivity contribution in [2.45, 2.75) is 16.3 Å². The first-order valence-corrected chi connectivity index (χ1v) is 13.0. The zero-order chi connectivity index (χ0) is 23.5. The Morgan fingerprint density at radius 2 is 1.85 bits per heavy atom. The van der Waals surface area contributed by atoms with Gasteiger partial charge in [-0.25, -0.2) is 8.42 Å². The van der Waals surface area contributed by atoms with E-state index in [9.17, 15) is 8.42 Å². The van der Waals surface area contributed by atoms with E-state index in [1.54, 1.807) is 13.2 Å². The summed E-state index contributed by atoms with van der Waals surface area (Å²) in [5.41, 5.74) is 1.07. The number of thiophene rings is 1. The molecule has 0 saturated carbocycles. The zero-order valence-corrected chi connectivity index (χ0v) is 19.9. The number of methoxy groups -OCH3 is 1. The summed E-state index contributed by atoms with van der Waals surface area (Å²) in [6, 6.07) is 15.9. The second kappa shape index (κ2) is 9.40. The third-order valence-electron chi connectivity index (χ3n) is 5.26. The highest BCUT2D eigenvalue weighted by atomic mass is 32.2. The van der Waals surface area contributed by atoms with Crippen LogP contribution in [-0.2, 0) is 16.3 Å². The molecule has 1 aliphatic heterocycles. The quantitative estimate of drug-likeness (QED) is 0.374. The van der Waals surface area contributed by atoms with Crippen LogP contribution in [0.3, 0.4) is 0 Å². The molecule has 1 N–H and O–H groups in total.